The van der Waals surface area contributed by atoms with E-state index in [1.165, 1.54) is 46.8 Å². The number of carbonyl (C=O) groups is 3. The fourth-order valence-corrected chi connectivity index (χ4v) is 6.09. The van der Waals surface area contributed by atoms with E-state index in [1.54, 1.807) is 0 Å². The van der Waals surface area contributed by atoms with Gasteiger partial charge in [0.2, 0.25) is 10.0 Å². The Balaban J connectivity index is 1.66. The lowest BCUT2D eigenvalue weighted by Crippen LogP contribution is -2.42. The highest BCUT2D eigenvalue weighted by Gasteiger charge is 2.42. The van der Waals surface area contributed by atoms with E-state index in [2.05, 4.69) is 0 Å². The SMILES string of the molecule is C[C@H]1C[C@H](C)CN(S(=O)(=O)c2cccc(C(=O)N3C(=O)c4cccc(N)c4C3=O)c2)C1. The van der Waals surface area contributed by atoms with Gasteiger partial charge in [-0.25, -0.2) is 13.3 Å². The number of carbonyl (C=O) groups excluding carboxylic acids is 3. The van der Waals surface area contributed by atoms with Gasteiger partial charge in [0.25, 0.3) is 17.7 Å². The first-order valence-electron chi connectivity index (χ1n) is 10.0. The third kappa shape index (κ3) is 3.53. The largest absolute Gasteiger partial charge is 0.398 e. The van der Waals surface area contributed by atoms with E-state index in [4.69, 9.17) is 5.73 Å². The Morgan fingerprint density at radius 3 is 2.29 bits per heavy atom. The van der Waals surface area contributed by atoms with Crippen molar-refractivity contribution in [1.82, 2.24) is 9.21 Å². The number of imide groups is 3. The molecule has 0 saturated carbocycles. The van der Waals surface area contributed by atoms with Gasteiger partial charge in [-0.15, -0.1) is 0 Å². The van der Waals surface area contributed by atoms with Crippen LogP contribution in [0.3, 0.4) is 0 Å². The summed E-state index contributed by atoms with van der Waals surface area (Å²) >= 11 is 0. The number of nitrogens with zero attached hydrogens (tertiary/aromatic N) is 2. The quantitative estimate of drug-likeness (QED) is 0.577. The molecule has 2 aliphatic heterocycles. The van der Waals surface area contributed by atoms with Crippen LogP contribution in [-0.4, -0.2) is 48.4 Å². The highest BCUT2D eigenvalue weighted by Crippen LogP contribution is 2.30. The molecule has 2 N–H and O–H groups in total. The molecule has 9 heteroatoms. The Bertz CT molecular complexity index is 1200. The number of rotatable bonds is 3. The minimum Gasteiger partial charge on any atom is -0.398 e. The summed E-state index contributed by atoms with van der Waals surface area (Å²) in [4.78, 5) is 38.9. The van der Waals surface area contributed by atoms with Crippen molar-refractivity contribution in [2.45, 2.75) is 25.2 Å². The topological polar surface area (TPSA) is 118 Å². The zero-order chi connectivity index (χ0) is 22.5. The maximum absolute atomic E-state index is 13.2. The Morgan fingerprint density at radius 1 is 1.00 bits per heavy atom. The van der Waals surface area contributed by atoms with Crippen molar-refractivity contribution in [2.24, 2.45) is 11.8 Å². The average molecular weight is 442 g/mol. The van der Waals surface area contributed by atoms with E-state index in [9.17, 15) is 22.8 Å². The zero-order valence-corrected chi connectivity index (χ0v) is 18.1. The number of sulfonamides is 1. The minimum absolute atomic E-state index is 0.0130. The number of benzene rings is 2. The molecular weight excluding hydrogens is 418 g/mol. The molecular formula is C22H23N3O5S. The standard InChI is InChI=1S/C22H23N3O5S/c1-13-9-14(2)12-24(11-13)31(29,30)16-6-3-5-15(10-16)20(26)25-21(27)17-7-4-8-18(23)19(17)22(25)28/h3-8,10,13-14H,9,11-12,23H2,1-2H3/t13-,14-/m0/s1. The number of nitrogens with two attached hydrogens (primary N) is 1. The average Bonchev–Trinajstić information content (AvgIpc) is 2.98. The third-order valence-electron chi connectivity index (χ3n) is 5.70. The van der Waals surface area contributed by atoms with Crippen molar-refractivity contribution in [1.29, 1.82) is 0 Å². The van der Waals surface area contributed by atoms with Crippen LogP contribution in [0.5, 0.6) is 0 Å². The van der Waals surface area contributed by atoms with Crippen LogP contribution in [0.4, 0.5) is 5.69 Å². The van der Waals surface area contributed by atoms with Crippen LogP contribution in [0, 0.1) is 11.8 Å². The molecule has 2 aromatic carbocycles. The molecule has 0 aromatic heterocycles. The monoisotopic (exact) mass is 441 g/mol. The van der Waals surface area contributed by atoms with Crippen molar-refractivity contribution in [3.8, 4) is 0 Å². The van der Waals surface area contributed by atoms with Gasteiger partial charge in [0, 0.05) is 24.3 Å². The Labute approximate surface area is 180 Å². The summed E-state index contributed by atoms with van der Waals surface area (Å²) in [5.74, 6) is -2.01. The molecule has 3 amide bonds. The maximum atomic E-state index is 13.2. The predicted molar refractivity (Wildman–Crippen MR) is 114 cm³/mol. The van der Waals surface area contributed by atoms with Crippen molar-refractivity contribution in [3.63, 3.8) is 0 Å². The molecule has 0 bridgehead atoms. The highest BCUT2D eigenvalue weighted by molar-refractivity contribution is 7.89. The van der Waals surface area contributed by atoms with Crippen molar-refractivity contribution in [2.75, 3.05) is 18.8 Å². The lowest BCUT2D eigenvalue weighted by atomic mass is 9.94. The van der Waals surface area contributed by atoms with Gasteiger partial charge in [0.05, 0.1) is 16.0 Å². The summed E-state index contributed by atoms with van der Waals surface area (Å²) in [6.45, 7) is 4.82. The van der Waals surface area contributed by atoms with Gasteiger partial charge >= 0.3 is 0 Å². The molecule has 2 atom stereocenters. The summed E-state index contributed by atoms with van der Waals surface area (Å²) in [5.41, 5.74) is 5.90. The minimum atomic E-state index is -3.82. The highest BCUT2D eigenvalue weighted by atomic mass is 32.2. The molecule has 4 rings (SSSR count). The molecule has 8 nitrogen and oxygen atoms in total. The number of anilines is 1. The predicted octanol–water partition coefficient (Wildman–Crippen LogP) is 2.37. The van der Waals surface area contributed by atoms with Crippen LogP contribution >= 0.6 is 0 Å². The van der Waals surface area contributed by atoms with Gasteiger partial charge in [-0.05, 0) is 48.6 Å². The van der Waals surface area contributed by atoms with Gasteiger partial charge in [0.1, 0.15) is 0 Å². The Kier molecular flexibility index (Phi) is 5.18. The zero-order valence-electron chi connectivity index (χ0n) is 17.2. The first kappa shape index (κ1) is 21.2. The summed E-state index contributed by atoms with van der Waals surface area (Å²) in [6, 6.07) is 9.88. The molecule has 1 fully saturated rings. The molecule has 1 saturated heterocycles. The summed E-state index contributed by atoms with van der Waals surface area (Å²) in [5, 5.41) is 0. The summed E-state index contributed by atoms with van der Waals surface area (Å²) in [7, 11) is -3.82. The van der Waals surface area contributed by atoms with E-state index < -0.39 is 27.7 Å². The fourth-order valence-electron chi connectivity index (χ4n) is 4.37. The number of amides is 3. The van der Waals surface area contributed by atoms with Gasteiger partial charge in [-0.3, -0.25) is 14.4 Å². The van der Waals surface area contributed by atoms with Gasteiger partial charge in [-0.2, -0.15) is 4.31 Å². The van der Waals surface area contributed by atoms with E-state index >= 15 is 0 Å². The number of hydrogen-bond donors (Lipinski definition) is 1. The van der Waals surface area contributed by atoms with Crippen molar-refractivity contribution >= 4 is 33.4 Å². The fraction of sp³-hybridized carbons (Fsp3) is 0.318. The maximum Gasteiger partial charge on any atom is 0.270 e. The van der Waals surface area contributed by atoms with Crippen LogP contribution in [-0.2, 0) is 10.0 Å². The van der Waals surface area contributed by atoms with E-state index in [0.717, 1.165) is 6.42 Å². The lowest BCUT2D eigenvalue weighted by Gasteiger charge is -2.34. The van der Waals surface area contributed by atoms with Gasteiger partial charge < -0.3 is 5.73 Å². The van der Waals surface area contributed by atoms with Gasteiger partial charge in [0.15, 0.2) is 0 Å². The van der Waals surface area contributed by atoms with Crippen LogP contribution in [0.2, 0.25) is 0 Å². The van der Waals surface area contributed by atoms with Crippen molar-refractivity contribution < 1.29 is 22.8 Å². The van der Waals surface area contributed by atoms with E-state index in [-0.39, 0.29) is 39.1 Å². The molecule has 0 aliphatic carbocycles. The smallest absolute Gasteiger partial charge is 0.270 e. The van der Waals surface area contributed by atoms with E-state index in [1.807, 2.05) is 13.8 Å². The molecule has 31 heavy (non-hydrogen) atoms. The molecule has 0 radical (unpaired) electrons. The van der Waals surface area contributed by atoms with Crippen LogP contribution in [0.15, 0.2) is 47.4 Å². The first-order valence-corrected chi connectivity index (χ1v) is 11.5. The lowest BCUT2D eigenvalue weighted by molar-refractivity contribution is 0.0566. The Hall–Kier alpha value is -3.04. The molecule has 0 unspecified atom stereocenters. The molecule has 2 heterocycles. The Morgan fingerprint density at radius 2 is 1.65 bits per heavy atom. The second kappa shape index (κ2) is 7.58. The number of hydrogen-bond acceptors (Lipinski definition) is 6. The normalized spacial score (nSPS) is 21.9. The first-order chi connectivity index (χ1) is 14.6. The summed E-state index contributed by atoms with van der Waals surface area (Å²) < 4.78 is 27.8. The second-order valence-corrected chi connectivity index (χ2v) is 10.3. The van der Waals surface area contributed by atoms with Gasteiger partial charge in [-0.1, -0.05) is 26.0 Å². The van der Waals surface area contributed by atoms with Crippen LogP contribution in [0.25, 0.3) is 0 Å². The van der Waals surface area contributed by atoms with Crippen LogP contribution in [0.1, 0.15) is 51.3 Å². The molecule has 2 aliphatic rings. The molecule has 2 aromatic rings. The number of piperidine rings is 1. The third-order valence-corrected chi connectivity index (χ3v) is 7.53. The molecule has 162 valence electrons. The van der Waals surface area contributed by atoms with Crippen molar-refractivity contribution in [3.05, 3.63) is 59.2 Å². The number of fused-ring (bicyclic) bond motifs is 1. The number of nitrogen functional groups attached to an aromatic ring is 1. The molecule has 0 spiro atoms. The van der Waals surface area contributed by atoms with E-state index in [0.29, 0.717) is 18.0 Å². The second-order valence-electron chi connectivity index (χ2n) is 8.32. The summed E-state index contributed by atoms with van der Waals surface area (Å²) in [6.07, 6.45) is 0.952. The van der Waals surface area contributed by atoms with Crippen LogP contribution < -0.4 is 5.73 Å².